The first-order chi connectivity index (χ1) is 27.2. The number of hydrogen-bond acceptors (Lipinski definition) is 11. The second-order valence-corrected chi connectivity index (χ2v) is 17.2. The number of rotatable bonds is 39. The van der Waals surface area contributed by atoms with Crippen molar-refractivity contribution in [3.05, 3.63) is 48.6 Å². The lowest BCUT2D eigenvalue weighted by Crippen LogP contribution is -2.29. The Labute approximate surface area is 342 Å². The predicted molar refractivity (Wildman–Crippen MR) is 222 cm³/mol. The molecular weight excluding hydrogens is 778 g/mol. The van der Waals surface area contributed by atoms with Gasteiger partial charge in [-0.15, -0.1) is 0 Å². The number of carbonyl (C=O) groups is 2. The first-order valence-corrected chi connectivity index (χ1v) is 23.8. The van der Waals surface area contributed by atoms with Crippen molar-refractivity contribution in [3.63, 3.8) is 0 Å². The molecular formula is C41H74O14P2. The molecule has 1 unspecified atom stereocenters. The molecule has 0 bridgehead atoms. The summed E-state index contributed by atoms with van der Waals surface area (Å²) in [6.07, 6.45) is 32.9. The number of ether oxygens (including phenoxy) is 2. The van der Waals surface area contributed by atoms with Crippen molar-refractivity contribution in [1.82, 2.24) is 0 Å². The number of aliphatic hydroxyl groups is 2. The summed E-state index contributed by atoms with van der Waals surface area (Å²) in [5, 5.41) is 18.5. The van der Waals surface area contributed by atoms with Crippen LogP contribution in [0.2, 0.25) is 0 Å². The molecule has 0 aromatic carbocycles. The van der Waals surface area contributed by atoms with E-state index in [1.54, 1.807) is 0 Å². The average molecular weight is 853 g/mol. The molecule has 0 rings (SSSR count). The second kappa shape index (κ2) is 37.1. The molecule has 16 heteroatoms. The van der Waals surface area contributed by atoms with E-state index in [0.717, 1.165) is 70.1 Å². The lowest BCUT2D eigenvalue weighted by atomic mass is 10.0. The minimum atomic E-state index is -4.87. The zero-order valence-corrected chi connectivity index (χ0v) is 36.3. The largest absolute Gasteiger partial charge is 0.472 e. The van der Waals surface area contributed by atoms with Crippen LogP contribution in [0.15, 0.2) is 48.6 Å². The number of esters is 2. The van der Waals surface area contributed by atoms with E-state index < -0.39 is 66.2 Å². The van der Waals surface area contributed by atoms with Gasteiger partial charge in [0.05, 0.1) is 19.8 Å². The van der Waals surface area contributed by atoms with Gasteiger partial charge in [-0.2, -0.15) is 0 Å². The van der Waals surface area contributed by atoms with Gasteiger partial charge in [0.15, 0.2) is 6.10 Å². The van der Waals surface area contributed by atoms with Crippen LogP contribution >= 0.6 is 15.6 Å². The lowest BCUT2D eigenvalue weighted by molar-refractivity contribution is -0.161. The molecule has 3 atom stereocenters. The number of hydrogen-bond donors (Lipinski definition) is 5. The third kappa shape index (κ3) is 42.0. The molecule has 0 aromatic rings. The van der Waals surface area contributed by atoms with E-state index in [4.69, 9.17) is 28.9 Å². The van der Waals surface area contributed by atoms with Gasteiger partial charge in [0, 0.05) is 19.4 Å². The SMILES string of the molecule is CC(C)CCCCCCCCCCCC(=O)OC[C@H](COP(=O)(O)OC[C@@H](O)COP(=O)(O)O)OC(=O)CCC/C=C\C/C=C\C/C=C\C/C=C\CCCCCO. The van der Waals surface area contributed by atoms with E-state index in [9.17, 15) is 28.7 Å². The van der Waals surface area contributed by atoms with E-state index >= 15 is 0 Å². The van der Waals surface area contributed by atoms with Gasteiger partial charge in [0.1, 0.15) is 12.7 Å². The maximum absolute atomic E-state index is 12.6. The summed E-state index contributed by atoms with van der Waals surface area (Å²) in [5.74, 6) is -0.360. The van der Waals surface area contributed by atoms with Gasteiger partial charge in [-0.1, -0.05) is 127 Å². The summed E-state index contributed by atoms with van der Waals surface area (Å²) in [4.78, 5) is 52.5. The van der Waals surface area contributed by atoms with Crippen molar-refractivity contribution >= 4 is 27.6 Å². The molecule has 0 radical (unpaired) electrons. The molecule has 0 saturated heterocycles. The van der Waals surface area contributed by atoms with Crippen molar-refractivity contribution in [2.45, 2.75) is 161 Å². The number of aliphatic hydroxyl groups excluding tert-OH is 2. The molecule has 0 saturated carbocycles. The Morgan fingerprint density at radius 3 is 1.60 bits per heavy atom. The van der Waals surface area contributed by atoms with Crippen LogP contribution in [-0.2, 0) is 41.8 Å². The molecule has 0 fully saturated rings. The van der Waals surface area contributed by atoms with Gasteiger partial charge in [-0.05, 0) is 63.7 Å². The number of carbonyl (C=O) groups excluding carboxylic acids is 2. The van der Waals surface area contributed by atoms with Crippen LogP contribution in [0.4, 0.5) is 0 Å². The van der Waals surface area contributed by atoms with Gasteiger partial charge in [-0.25, -0.2) is 9.13 Å². The summed E-state index contributed by atoms with van der Waals surface area (Å²) < 4.78 is 47.6. The van der Waals surface area contributed by atoms with Gasteiger partial charge >= 0.3 is 27.6 Å². The second-order valence-electron chi connectivity index (χ2n) is 14.5. The Bertz CT molecular complexity index is 1210. The average Bonchev–Trinajstić information content (AvgIpc) is 3.15. The van der Waals surface area contributed by atoms with Crippen molar-refractivity contribution in [3.8, 4) is 0 Å². The highest BCUT2D eigenvalue weighted by atomic mass is 31.2. The van der Waals surface area contributed by atoms with Crippen molar-refractivity contribution in [2.24, 2.45) is 5.92 Å². The molecule has 0 spiro atoms. The van der Waals surface area contributed by atoms with Crippen molar-refractivity contribution in [2.75, 3.05) is 33.0 Å². The maximum atomic E-state index is 12.6. The van der Waals surface area contributed by atoms with Gasteiger partial charge < -0.3 is 34.4 Å². The maximum Gasteiger partial charge on any atom is 0.472 e. The van der Waals surface area contributed by atoms with Crippen LogP contribution < -0.4 is 0 Å². The number of phosphoric acid groups is 2. The zero-order valence-electron chi connectivity index (χ0n) is 34.5. The Morgan fingerprint density at radius 2 is 1.04 bits per heavy atom. The number of phosphoric ester groups is 2. The molecule has 57 heavy (non-hydrogen) atoms. The van der Waals surface area contributed by atoms with E-state index in [1.165, 1.54) is 38.5 Å². The van der Waals surface area contributed by atoms with E-state index in [0.29, 0.717) is 19.3 Å². The van der Waals surface area contributed by atoms with E-state index in [1.807, 2.05) is 12.2 Å². The fourth-order valence-electron chi connectivity index (χ4n) is 5.27. The first kappa shape index (κ1) is 55.0. The summed E-state index contributed by atoms with van der Waals surface area (Å²) in [6, 6.07) is 0. The smallest absolute Gasteiger partial charge is 0.462 e. The van der Waals surface area contributed by atoms with Crippen LogP contribution in [0, 0.1) is 5.92 Å². The molecule has 0 aliphatic rings. The third-order valence-electron chi connectivity index (χ3n) is 8.44. The van der Waals surface area contributed by atoms with Crippen LogP contribution in [0.5, 0.6) is 0 Å². The van der Waals surface area contributed by atoms with Gasteiger partial charge in [0.25, 0.3) is 0 Å². The molecule has 332 valence electrons. The normalized spacial score (nSPS) is 14.7. The first-order valence-electron chi connectivity index (χ1n) is 20.8. The highest BCUT2D eigenvalue weighted by Gasteiger charge is 2.28. The highest BCUT2D eigenvalue weighted by molar-refractivity contribution is 7.47. The van der Waals surface area contributed by atoms with Crippen LogP contribution in [-0.4, -0.2) is 82.1 Å². The van der Waals surface area contributed by atoms with E-state index in [2.05, 4.69) is 59.4 Å². The van der Waals surface area contributed by atoms with Crippen LogP contribution in [0.25, 0.3) is 0 Å². The van der Waals surface area contributed by atoms with E-state index in [-0.39, 0.29) is 19.4 Å². The Hall–Kier alpha value is -1.96. The predicted octanol–water partition coefficient (Wildman–Crippen LogP) is 9.11. The van der Waals surface area contributed by atoms with Crippen LogP contribution in [0.3, 0.4) is 0 Å². The molecule has 14 nitrogen and oxygen atoms in total. The highest BCUT2D eigenvalue weighted by Crippen LogP contribution is 2.43. The molecule has 5 N–H and O–H groups in total. The monoisotopic (exact) mass is 852 g/mol. The molecule has 0 aromatic heterocycles. The molecule has 0 aliphatic heterocycles. The zero-order chi connectivity index (χ0) is 42.5. The minimum absolute atomic E-state index is 0.0452. The Balaban J connectivity index is 4.64. The fraction of sp³-hybridized carbons (Fsp3) is 0.756. The minimum Gasteiger partial charge on any atom is -0.462 e. The third-order valence-corrected chi connectivity index (χ3v) is 9.88. The summed E-state index contributed by atoms with van der Waals surface area (Å²) >= 11 is 0. The fourth-order valence-corrected chi connectivity index (χ4v) is 6.42. The van der Waals surface area contributed by atoms with Crippen molar-refractivity contribution < 1.29 is 66.7 Å². The van der Waals surface area contributed by atoms with Crippen molar-refractivity contribution in [1.29, 1.82) is 0 Å². The molecule has 0 amide bonds. The summed E-state index contributed by atoms with van der Waals surface area (Å²) in [7, 11) is -9.69. The molecule has 0 aliphatic carbocycles. The topological polar surface area (TPSA) is 216 Å². The Kier molecular flexibility index (Phi) is 35.8. The standard InChI is InChI=1S/C41H74O14P2/c1-37(2)29-25-21-17-13-12-15-18-22-26-30-40(44)51-35-39(36-54-57(49,50)53-34-38(43)33-52-56(46,47)48)55-41(45)31-27-23-19-14-10-8-6-4-3-5-7-9-11-16-20-24-28-32-42/h3,5-6,8-9,11,14,19,37-39,42-43H,4,7,10,12-13,15-18,20-36H2,1-2H3,(H,49,50)(H2,46,47,48)/b5-3-,8-6-,11-9-,19-14-/t38-,39+/m0/s1. The summed E-state index contributed by atoms with van der Waals surface area (Å²) in [5.41, 5.74) is 0. The number of allylic oxidation sites excluding steroid dienone is 8. The quantitative estimate of drug-likeness (QED) is 0.0169. The van der Waals surface area contributed by atoms with Crippen LogP contribution in [0.1, 0.15) is 149 Å². The van der Waals surface area contributed by atoms with Gasteiger partial charge in [-0.3, -0.25) is 23.2 Å². The molecule has 0 heterocycles. The number of unbranched alkanes of at least 4 members (excludes halogenated alkanes) is 12. The Morgan fingerprint density at radius 1 is 0.561 bits per heavy atom. The lowest BCUT2D eigenvalue weighted by Gasteiger charge is -2.20. The van der Waals surface area contributed by atoms with Gasteiger partial charge in [0.2, 0.25) is 0 Å². The summed E-state index contributed by atoms with van der Waals surface area (Å²) in [6.45, 7) is 1.96.